The molecule has 3 rings (SSSR count). The molecule has 0 aliphatic carbocycles. The van der Waals surface area contributed by atoms with Crippen LogP contribution in [0.1, 0.15) is 115 Å². The van der Waals surface area contributed by atoms with Crippen LogP contribution < -0.4 is 0 Å². The Hall–Kier alpha value is -2.48. The lowest BCUT2D eigenvalue weighted by Gasteiger charge is -2.11. The van der Waals surface area contributed by atoms with Crippen LogP contribution >= 0.6 is 0 Å². The molecule has 0 nitrogen and oxygen atoms in total. The number of aryl methyl sites for hydroxylation is 2. The lowest BCUT2D eigenvalue weighted by Crippen LogP contribution is -1.95. The average molecular weight is 519 g/mol. The van der Waals surface area contributed by atoms with Gasteiger partial charge in [-0.2, -0.15) is 0 Å². The van der Waals surface area contributed by atoms with Crippen LogP contribution in [0.2, 0.25) is 0 Å². The minimum absolute atomic E-state index is 0.323. The Morgan fingerprint density at radius 1 is 0.395 bits per heavy atom. The van der Waals surface area contributed by atoms with Gasteiger partial charge >= 0.3 is 0 Å². The molecule has 0 N–H and O–H groups in total. The Labute approximate surface area is 230 Å². The van der Waals surface area contributed by atoms with Crippen molar-refractivity contribution in [3.8, 4) is 22.3 Å². The van der Waals surface area contributed by atoms with Crippen LogP contribution in [0.5, 0.6) is 0 Å². The number of rotatable bonds is 18. The number of halogens is 2. The third kappa shape index (κ3) is 9.68. The van der Waals surface area contributed by atoms with Crippen molar-refractivity contribution < 1.29 is 8.78 Å². The predicted molar refractivity (Wildman–Crippen MR) is 161 cm³/mol. The molecule has 206 valence electrons. The van der Waals surface area contributed by atoms with Crippen molar-refractivity contribution in [1.29, 1.82) is 0 Å². The number of unbranched alkanes of at least 4 members (excludes halogenated alkanes) is 12. The van der Waals surface area contributed by atoms with E-state index in [0.717, 1.165) is 24.0 Å². The quantitative estimate of drug-likeness (QED) is 0.147. The van der Waals surface area contributed by atoms with Crippen molar-refractivity contribution >= 4 is 0 Å². The summed E-state index contributed by atoms with van der Waals surface area (Å²) in [6, 6.07) is 19.3. The maximum Gasteiger partial charge on any atom is 0.167 e. The van der Waals surface area contributed by atoms with Gasteiger partial charge in [-0.05, 0) is 47.9 Å². The monoisotopic (exact) mass is 518 g/mol. The largest absolute Gasteiger partial charge is 0.203 e. The van der Waals surface area contributed by atoms with Crippen molar-refractivity contribution in [2.45, 2.75) is 117 Å². The van der Waals surface area contributed by atoms with Gasteiger partial charge in [-0.15, -0.1) is 0 Å². The molecule has 0 bridgehead atoms. The summed E-state index contributed by atoms with van der Waals surface area (Å²) >= 11 is 0. The summed E-state index contributed by atoms with van der Waals surface area (Å²) < 4.78 is 30.3. The van der Waals surface area contributed by atoms with Crippen molar-refractivity contribution in [3.05, 3.63) is 83.4 Å². The van der Waals surface area contributed by atoms with Gasteiger partial charge < -0.3 is 0 Å². The molecule has 3 aromatic carbocycles. The second-order valence-electron chi connectivity index (χ2n) is 10.9. The molecule has 0 spiro atoms. The second-order valence-corrected chi connectivity index (χ2v) is 10.9. The highest BCUT2D eigenvalue weighted by Gasteiger charge is 2.16. The van der Waals surface area contributed by atoms with E-state index in [4.69, 9.17) is 0 Å². The summed E-state index contributed by atoms with van der Waals surface area (Å²) in [6.07, 6.45) is 20.2. The van der Waals surface area contributed by atoms with Crippen LogP contribution in [0.25, 0.3) is 22.3 Å². The molecular formula is C36H48F2. The molecule has 0 fully saturated rings. The van der Waals surface area contributed by atoms with Gasteiger partial charge in [0, 0.05) is 11.1 Å². The standard InChI is InChI=1S/C36H48F2/c1-3-5-7-9-11-12-14-16-18-30-21-25-32(26-22-30)34-28-27-33(35(37)36(34)38)31-23-19-29(20-24-31)17-15-13-10-8-6-4-2/h19-28H,3-18H2,1-2H3. The van der Waals surface area contributed by atoms with Crippen LogP contribution in [0.15, 0.2) is 60.7 Å². The van der Waals surface area contributed by atoms with E-state index in [2.05, 4.69) is 38.1 Å². The van der Waals surface area contributed by atoms with Gasteiger partial charge in [-0.1, -0.05) is 152 Å². The Morgan fingerprint density at radius 3 is 1.05 bits per heavy atom. The minimum atomic E-state index is -0.769. The summed E-state index contributed by atoms with van der Waals surface area (Å²) in [5.74, 6) is -1.54. The van der Waals surface area contributed by atoms with Crippen molar-refractivity contribution in [3.63, 3.8) is 0 Å². The van der Waals surface area contributed by atoms with E-state index in [-0.39, 0.29) is 0 Å². The zero-order valence-electron chi connectivity index (χ0n) is 23.8. The molecule has 2 heteroatoms. The van der Waals surface area contributed by atoms with Crippen molar-refractivity contribution in [2.75, 3.05) is 0 Å². The maximum absolute atomic E-state index is 15.1. The van der Waals surface area contributed by atoms with Crippen molar-refractivity contribution in [2.24, 2.45) is 0 Å². The predicted octanol–water partition coefficient (Wildman–Crippen LogP) is 11.9. The van der Waals surface area contributed by atoms with E-state index in [1.54, 1.807) is 12.1 Å². The highest BCUT2D eigenvalue weighted by Crippen LogP contribution is 2.32. The SMILES string of the molecule is CCCCCCCCCCc1ccc(-c2ccc(-c3ccc(CCCCCCCC)cc3)c(F)c2F)cc1. The number of benzene rings is 3. The van der Waals surface area contributed by atoms with E-state index in [9.17, 15) is 0 Å². The van der Waals surface area contributed by atoms with Gasteiger partial charge in [0.05, 0.1) is 0 Å². The molecule has 0 amide bonds. The van der Waals surface area contributed by atoms with E-state index in [1.165, 1.54) is 101 Å². The fourth-order valence-electron chi connectivity index (χ4n) is 5.27. The fraction of sp³-hybridized carbons (Fsp3) is 0.500. The first-order valence-corrected chi connectivity index (χ1v) is 15.3. The Balaban J connectivity index is 1.52. The highest BCUT2D eigenvalue weighted by atomic mass is 19.2. The smallest absolute Gasteiger partial charge is 0.167 e. The zero-order chi connectivity index (χ0) is 27.0. The summed E-state index contributed by atoms with van der Waals surface area (Å²) in [4.78, 5) is 0. The van der Waals surface area contributed by atoms with Crippen LogP contribution in [0.4, 0.5) is 8.78 Å². The van der Waals surface area contributed by atoms with E-state index < -0.39 is 11.6 Å². The normalized spacial score (nSPS) is 11.3. The molecule has 0 saturated carbocycles. The highest BCUT2D eigenvalue weighted by molar-refractivity contribution is 5.72. The number of hydrogen-bond donors (Lipinski definition) is 0. The van der Waals surface area contributed by atoms with Crippen LogP contribution in [-0.2, 0) is 12.8 Å². The Bertz CT molecular complexity index is 1050. The molecule has 0 aromatic heterocycles. The van der Waals surface area contributed by atoms with Gasteiger partial charge in [0.1, 0.15) is 0 Å². The molecular weight excluding hydrogens is 470 g/mol. The van der Waals surface area contributed by atoms with Gasteiger partial charge in [0.25, 0.3) is 0 Å². The van der Waals surface area contributed by atoms with Gasteiger partial charge in [-0.25, -0.2) is 8.78 Å². The average Bonchev–Trinajstić information content (AvgIpc) is 2.94. The van der Waals surface area contributed by atoms with Crippen LogP contribution in [0, 0.1) is 11.6 Å². The van der Waals surface area contributed by atoms with E-state index >= 15 is 8.78 Å². The lowest BCUT2D eigenvalue weighted by molar-refractivity contribution is 0.514. The third-order valence-electron chi connectivity index (χ3n) is 7.75. The van der Waals surface area contributed by atoms with Crippen LogP contribution in [0.3, 0.4) is 0 Å². The van der Waals surface area contributed by atoms with E-state index in [1.807, 2.05) is 24.3 Å². The molecule has 0 aliphatic rings. The van der Waals surface area contributed by atoms with Gasteiger partial charge in [0.2, 0.25) is 0 Å². The molecule has 0 heterocycles. The Kier molecular flexibility index (Phi) is 13.6. The van der Waals surface area contributed by atoms with Crippen LogP contribution in [-0.4, -0.2) is 0 Å². The first kappa shape index (κ1) is 30.1. The van der Waals surface area contributed by atoms with Gasteiger partial charge in [0.15, 0.2) is 11.6 Å². The third-order valence-corrected chi connectivity index (χ3v) is 7.75. The second kappa shape index (κ2) is 17.2. The maximum atomic E-state index is 15.1. The van der Waals surface area contributed by atoms with E-state index in [0.29, 0.717) is 11.1 Å². The summed E-state index contributed by atoms with van der Waals surface area (Å²) in [5.41, 5.74) is 4.61. The summed E-state index contributed by atoms with van der Waals surface area (Å²) in [5, 5.41) is 0. The summed E-state index contributed by atoms with van der Waals surface area (Å²) in [6.45, 7) is 4.49. The zero-order valence-corrected chi connectivity index (χ0v) is 23.8. The molecule has 0 saturated heterocycles. The Morgan fingerprint density at radius 2 is 0.711 bits per heavy atom. The van der Waals surface area contributed by atoms with Crippen molar-refractivity contribution in [1.82, 2.24) is 0 Å². The van der Waals surface area contributed by atoms with Gasteiger partial charge in [-0.3, -0.25) is 0 Å². The molecule has 38 heavy (non-hydrogen) atoms. The molecule has 0 aliphatic heterocycles. The molecule has 0 unspecified atom stereocenters. The first-order valence-electron chi connectivity index (χ1n) is 15.3. The topological polar surface area (TPSA) is 0 Å². The molecule has 0 atom stereocenters. The summed E-state index contributed by atoms with van der Waals surface area (Å²) in [7, 11) is 0. The number of hydrogen-bond acceptors (Lipinski definition) is 0. The lowest BCUT2D eigenvalue weighted by atomic mass is 9.96. The minimum Gasteiger partial charge on any atom is -0.203 e. The molecule has 0 radical (unpaired) electrons. The fourth-order valence-corrected chi connectivity index (χ4v) is 5.27. The first-order chi connectivity index (χ1) is 18.6. The molecule has 3 aromatic rings.